The zero-order chi connectivity index (χ0) is 17.3. The largest absolute Gasteiger partial charge is 0.393 e. The molecule has 0 aliphatic heterocycles. The Bertz CT molecular complexity index is 762. The summed E-state index contributed by atoms with van der Waals surface area (Å²) in [5.74, 6) is -1.06. The van der Waals surface area contributed by atoms with Gasteiger partial charge in [-0.15, -0.1) is 0 Å². The average Bonchev–Trinajstić information content (AvgIpc) is 2.94. The molecule has 2 atom stereocenters. The van der Waals surface area contributed by atoms with Crippen LogP contribution in [0.1, 0.15) is 42.7 Å². The molecule has 1 saturated carbocycles. The molecule has 7 heteroatoms. The van der Waals surface area contributed by atoms with E-state index in [2.05, 4.69) is 5.16 Å². The van der Waals surface area contributed by atoms with Gasteiger partial charge in [0.25, 0.3) is 0 Å². The van der Waals surface area contributed by atoms with Crippen molar-refractivity contribution in [2.75, 3.05) is 0 Å². The molecule has 128 valence electrons. The predicted octanol–water partition coefficient (Wildman–Crippen LogP) is 4.91. The van der Waals surface area contributed by atoms with E-state index in [-0.39, 0.29) is 39.6 Å². The first-order chi connectivity index (χ1) is 11.5. The number of rotatable bonds is 4. The maximum Gasteiger partial charge on any atom is 0.221 e. The fourth-order valence-electron chi connectivity index (χ4n) is 3.03. The van der Waals surface area contributed by atoms with Crippen molar-refractivity contribution in [3.8, 4) is 11.3 Å². The molecule has 0 amide bonds. The third-order valence-electron chi connectivity index (χ3n) is 4.40. The Morgan fingerprint density at radius 2 is 2.08 bits per heavy atom. The summed E-state index contributed by atoms with van der Waals surface area (Å²) in [7, 11) is 0. The lowest BCUT2D eigenvalue weighted by molar-refractivity contribution is 0.0568. The van der Waals surface area contributed by atoms with Crippen molar-refractivity contribution in [2.45, 2.75) is 38.2 Å². The van der Waals surface area contributed by atoms with Crippen LogP contribution >= 0.6 is 23.2 Å². The Labute approximate surface area is 148 Å². The maximum atomic E-state index is 13.6. The van der Waals surface area contributed by atoms with E-state index < -0.39 is 11.9 Å². The fourth-order valence-corrected chi connectivity index (χ4v) is 3.43. The maximum absolute atomic E-state index is 13.6. The van der Waals surface area contributed by atoms with Gasteiger partial charge >= 0.3 is 0 Å². The van der Waals surface area contributed by atoms with Gasteiger partial charge in [0.1, 0.15) is 16.5 Å². The van der Waals surface area contributed by atoms with E-state index in [0.717, 1.165) is 19.3 Å². The van der Waals surface area contributed by atoms with Gasteiger partial charge in [-0.2, -0.15) is 0 Å². The lowest BCUT2D eigenvalue weighted by atomic mass is 9.83. The molecule has 2 aromatic rings. The van der Waals surface area contributed by atoms with Crippen molar-refractivity contribution in [3.63, 3.8) is 0 Å². The van der Waals surface area contributed by atoms with Gasteiger partial charge in [0, 0.05) is 12.0 Å². The molecule has 1 aromatic heterocycles. The SMILES string of the molecule is O=C(CC1CCCC[C@H]1O)c1onc(-c2ccc(Cl)c(F)c2)c1Cl. The van der Waals surface area contributed by atoms with Gasteiger partial charge in [-0.1, -0.05) is 47.3 Å². The van der Waals surface area contributed by atoms with E-state index in [1.807, 2.05) is 0 Å². The molecule has 1 aromatic carbocycles. The molecule has 1 aliphatic carbocycles. The van der Waals surface area contributed by atoms with Crippen molar-refractivity contribution in [1.29, 1.82) is 0 Å². The second kappa shape index (κ2) is 7.21. The number of hydrogen-bond acceptors (Lipinski definition) is 4. The Hall–Kier alpha value is -1.43. The molecule has 1 heterocycles. The number of Topliss-reactive ketones (excluding diaryl/α,β-unsaturated/α-hetero) is 1. The van der Waals surface area contributed by atoms with Crippen LogP contribution in [0.4, 0.5) is 4.39 Å². The topological polar surface area (TPSA) is 63.3 Å². The van der Waals surface area contributed by atoms with Crippen LogP contribution in [-0.4, -0.2) is 22.2 Å². The summed E-state index contributed by atoms with van der Waals surface area (Å²) in [6, 6.07) is 4.12. The molecule has 1 aliphatic rings. The van der Waals surface area contributed by atoms with Crippen molar-refractivity contribution >= 4 is 29.0 Å². The number of benzene rings is 1. The first-order valence-corrected chi connectivity index (χ1v) is 8.55. The minimum Gasteiger partial charge on any atom is -0.393 e. The number of ketones is 1. The molecule has 24 heavy (non-hydrogen) atoms. The number of halogens is 3. The monoisotopic (exact) mass is 371 g/mol. The first-order valence-electron chi connectivity index (χ1n) is 7.79. The number of aromatic nitrogens is 1. The molecule has 1 fully saturated rings. The fraction of sp³-hybridized carbons (Fsp3) is 0.412. The van der Waals surface area contributed by atoms with Crippen molar-refractivity contribution in [1.82, 2.24) is 5.16 Å². The zero-order valence-electron chi connectivity index (χ0n) is 12.8. The lowest BCUT2D eigenvalue weighted by Gasteiger charge is -2.26. The Balaban J connectivity index is 1.81. The van der Waals surface area contributed by atoms with E-state index >= 15 is 0 Å². The van der Waals surface area contributed by atoms with Crippen LogP contribution in [0.2, 0.25) is 10.0 Å². The second-order valence-corrected chi connectivity index (χ2v) is 6.83. The van der Waals surface area contributed by atoms with Crippen LogP contribution in [0.5, 0.6) is 0 Å². The summed E-state index contributed by atoms with van der Waals surface area (Å²) in [5.41, 5.74) is 0.571. The van der Waals surface area contributed by atoms with Gasteiger partial charge in [0.15, 0.2) is 0 Å². The predicted molar refractivity (Wildman–Crippen MR) is 88.8 cm³/mol. The van der Waals surface area contributed by atoms with E-state index in [0.29, 0.717) is 12.0 Å². The van der Waals surface area contributed by atoms with Crippen LogP contribution in [-0.2, 0) is 0 Å². The molecule has 3 rings (SSSR count). The van der Waals surface area contributed by atoms with Gasteiger partial charge in [-0.05, 0) is 30.9 Å². The van der Waals surface area contributed by atoms with Crippen molar-refractivity contribution in [3.05, 3.63) is 39.8 Å². The number of aliphatic hydroxyl groups is 1. The highest BCUT2D eigenvalue weighted by atomic mass is 35.5. The quantitative estimate of drug-likeness (QED) is 0.775. The summed E-state index contributed by atoms with van der Waals surface area (Å²) in [6.45, 7) is 0. The highest BCUT2D eigenvalue weighted by Gasteiger charge is 2.29. The standard InChI is InChI=1S/C17H16Cl2FNO3/c18-11-6-5-10(7-12(11)20)16-15(19)17(24-21-16)14(23)8-9-3-1-2-4-13(9)22/h5-7,9,13,22H,1-4,8H2/t9?,13-/m1/s1. The summed E-state index contributed by atoms with van der Waals surface area (Å²) < 4.78 is 18.7. The van der Waals surface area contributed by atoms with Crippen molar-refractivity contribution < 1.29 is 18.8 Å². The van der Waals surface area contributed by atoms with Crippen LogP contribution < -0.4 is 0 Å². The molecule has 0 radical (unpaired) electrons. The van der Waals surface area contributed by atoms with E-state index in [9.17, 15) is 14.3 Å². The number of carbonyl (C=O) groups excluding carboxylic acids is 1. The minimum atomic E-state index is -0.605. The highest BCUT2D eigenvalue weighted by Crippen LogP contribution is 2.34. The van der Waals surface area contributed by atoms with E-state index in [1.54, 1.807) is 6.07 Å². The molecule has 1 N–H and O–H groups in total. The van der Waals surface area contributed by atoms with Crippen LogP contribution in [0.25, 0.3) is 11.3 Å². The van der Waals surface area contributed by atoms with Crippen LogP contribution in [0.3, 0.4) is 0 Å². The smallest absolute Gasteiger partial charge is 0.221 e. The highest BCUT2D eigenvalue weighted by molar-refractivity contribution is 6.36. The zero-order valence-corrected chi connectivity index (χ0v) is 14.3. The lowest BCUT2D eigenvalue weighted by Crippen LogP contribution is -2.26. The van der Waals surface area contributed by atoms with Crippen LogP contribution in [0, 0.1) is 11.7 Å². The molecule has 0 spiro atoms. The number of hydrogen-bond donors (Lipinski definition) is 1. The summed E-state index contributed by atoms with van der Waals surface area (Å²) in [6.07, 6.45) is 3.15. The molecule has 0 saturated heterocycles. The van der Waals surface area contributed by atoms with Gasteiger partial charge < -0.3 is 9.63 Å². The first kappa shape index (κ1) is 17.4. The molecule has 4 nitrogen and oxygen atoms in total. The minimum absolute atomic E-state index is 0.0130. The Kier molecular flexibility index (Phi) is 5.23. The molecule has 0 bridgehead atoms. The van der Waals surface area contributed by atoms with Gasteiger partial charge in [0.05, 0.1) is 11.1 Å². The number of carbonyl (C=O) groups is 1. The number of aliphatic hydroxyl groups excluding tert-OH is 1. The second-order valence-electron chi connectivity index (χ2n) is 6.04. The third kappa shape index (κ3) is 3.48. The Morgan fingerprint density at radius 3 is 2.79 bits per heavy atom. The summed E-state index contributed by atoms with van der Waals surface area (Å²) in [4.78, 5) is 12.4. The third-order valence-corrected chi connectivity index (χ3v) is 5.06. The normalized spacial score (nSPS) is 21.0. The Morgan fingerprint density at radius 1 is 1.33 bits per heavy atom. The summed E-state index contributed by atoms with van der Waals surface area (Å²) in [5, 5.41) is 13.8. The van der Waals surface area contributed by atoms with Crippen molar-refractivity contribution in [2.24, 2.45) is 5.92 Å². The molecule has 1 unspecified atom stereocenters. The molecular formula is C17H16Cl2FNO3. The molecular weight excluding hydrogens is 356 g/mol. The van der Waals surface area contributed by atoms with Gasteiger partial charge in [0.2, 0.25) is 11.5 Å². The van der Waals surface area contributed by atoms with Gasteiger partial charge in [-0.25, -0.2) is 4.39 Å². The van der Waals surface area contributed by atoms with Crippen LogP contribution in [0.15, 0.2) is 22.7 Å². The van der Waals surface area contributed by atoms with E-state index in [1.165, 1.54) is 12.1 Å². The summed E-state index contributed by atoms with van der Waals surface area (Å²) >= 11 is 11.9. The van der Waals surface area contributed by atoms with Gasteiger partial charge in [-0.3, -0.25) is 4.79 Å². The van der Waals surface area contributed by atoms with E-state index in [4.69, 9.17) is 27.7 Å². The average molecular weight is 372 g/mol. The number of nitrogens with zero attached hydrogens (tertiary/aromatic N) is 1.